The van der Waals surface area contributed by atoms with Crippen LogP contribution in [0.15, 0.2) is 0 Å². The Morgan fingerprint density at radius 3 is 2.40 bits per heavy atom. The maximum absolute atomic E-state index is 11.8. The SMILES string of the molecule is CCC1(C(=O)NC(C)C)NC(=O)NC1=O. The van der Waals surface area contributed by atoms with Crippen molar-refractivity contribution in [3.8, 4) is 0 Å². The maximum atomic E-state index is 11.8. The minimum Gasteiger partial charge on any atom is -0.351 e. The molecule has 0 aromatic carbocycles. The van der Waals surface area contributed by atoms with Crippen LogP contribution in [0.2, 0.25) is 0 Å². The Morgan fingerprint density at radius 2 is 2.07 bits per heavy atom. The van der Waals surface area contributed by atoms with Gasteiger partial charge >= 0.3 is 6.03 Å². The average molecular weight is 213 g/mol. The molecule has 1 aliphatic rings. The molecule has 4 amide bonds. The second-order valence-corrected chi connectivity index (χ2v) is 3.80. The van der Waals surface area contributed by atoms with Crippen molar-refractivity contribution in [1.82, 2.24) is 16.0 Å². The van der Waals surface area contributed by atoms with E-state index in [1.807, 2.05) is 0 Å². The predicted molar refractivity (Wildman–Crippen MR) is 53.0 cm³/mol. The lowest BCUT2D eigenvalue weighted by Gasteiger charge is -2.24. The number of hydrogen-bond donors (Lipinski definition) is 3. The van der Waals surface area contributed by atoms with Gasteiger partial charge in [-0.3, -0.25) is 14.9 Å². The summed E-state index contributed by atoms with van der Waals surface area (Å²) >= 11 is 0. The van der Waals surface area contributed by atoms with Gasteiger partial charge in [-0.2, -0.15) is 0 Å². The molecule has 0 aromatic heterocycles. The first-order valence-electron chi connectivity index (χ1n) is 4.87. The Labute approximate surface area is 87.8 Å². The van der Waals surface area contributed by atoms with E-state index in [4.69, 9.17) is 0 Å². The van der Waals surface area contributed by atoms with Crippen molar-refractivity contribution in [2.75, 3.05) is 0 Å². The van der Waals surface area contributed by atoms with Crippen LogP contribution < -0.4 is 16.0 Å². The van der Waals surface area contributed by atoms with E-state index in [1.165, 1.54) is 0 Å². The Kier molecular flexibility index (Phi) is 2.97. The molecule has 1 heterocycles. The van der Waals surface area contributed by atoms with Crippen LogP contribution >= 0.6 is 0 Å². The van der Waals surface area contributed by atoms with Gasteiger partial charge in [0, 0.05) is 6.04 Å². The Bertz CT molecular complexity index is 314. The fourth-order valence-corrected chi connectivity index (χ4v) is 1.45. The highest BCUT2D eigenvalue weighted by Crippen LogP contribution is 2.15. The van der Waals surface area contributed by atoms with Crippen molar-refractivity contribution in [3.63, 3.8) is 0 Å². The van der Waals surface area contributed by atoms with Crippen molar-refractivity contribution in [3.05, 3.63) is 0 Å². The number of nitrogens with one attached hydrogen (secondary N) is 3. The predicted octanol–water partition coefficient (Wildman–Crippen LogP) is -0.501. The van der Waals surface area contributed by atoms with Crippen LogP contribution in [0.5, 0.6) is 0 Å². The smallest absolute Gasteiger partial charge is 0.322 e. The summed E-state index contributed by atoms with van der Waals surface area (Å²) in [4.78, 5) is 34.3. The Hall–Kier alpha value is -1.59. The van der Waals surface area contributed by atoms with Gasteiger partial charge < -0.3 is 10.6 Å². The molecule has 1 saturated heterocycles. The van der Waals surface area contributed by atoms with E-state index in [2.05, 4.69) is 16.0 Å². The molecular formula is C9H15N3O3. The number of amides is 4. The summed E-state index contributed by atoms with van der Waals surface area (Å²) in [5.74, 6) is -1.06. The summed E-state index contributed by atoms with van der Waals surface area (Å²) in [6.45, 7) is 5.25. The Balaban J connectivity index is 2.90. The summed E-state index contributed by atoms with van der Waals surface area (Å²) in [5, 5.41) is 7.04. The third-order valence-corrected chi connectivity index (χ3v) is 2.28. The van der Waals surface area contributed by atoms with Crippen LogP contribution in [0.4, 0.5) is 4.79 Å². The summed E-state index contributed by atoms with van der Waals surface area (Å²) in [6, 6.07) is -0.702. The van der Waals surface area contributed by atoms with Crippen LogP contribution in [-0.2, 0) is 9.59 Å². The maximum Gasteiger partial charge on any atom is 0.322 e. The molecule has 6 heteroatoms. The highest BCUT2D eigenvalue weighted by molar-refractivity contribution is 6.20. The van der Waals surface area contributed by atoms with E-state index in [0.29, 0.717) is 0 Å². The molecule has 15 heavy (non-hydrogen) atoms. The molecule has 6 nitrogen and oxygen atoms in total. The minimum atomic E-state index is -1.44. The standard InChI is InChI=1S/C9H15N3O3/c1-4-9(6(13)10-5(2)3)7(14)11-8(15)12-9/h5H,4H2,1-3H3,(H,10,13)(H2,11,12,14,15). The zero-order valence-corrected chi connectivity index (χ0v) is 9.01. The van der Waals surface area contributed by atoms with Gasteiger partial charge in [0.15, 0.2) is 5.54 Å². The topological polar surface area (TPSA) is 87.3 Å². The molecule has 1 fully saturated rings. The van der Waals surface area contributed by atoms with Gasteiger partial charge in [-0.05, 0) is 20.3 Å². The first kappa shape index (κ1) is 11.5. The molecule has 0 aliphatic carbocycles. The van der Waals surface area contributed by atoms with E-state index in [1.54, 1.807) is 20.8 Å². The zero-order valence-electron chi connectivity index (χ0n) is 9.01. The minimum absolute atomic E-state index is 0.0776. The molecule has 3 N–H and O–H groups in total. The van der Waals surface area contributed by atoms with Crippen LogP contribution in [0.25, 0.3) is 0 Å². The molecule has 0 bridgehead atoms. The number of urea groups is 1. The summed E-state index contributed by atoms with van der Waals surface area (Å²) in [7, 11) is 0. The Morgan fingerprint density at radius 1 is 1.47 bits per heavy atom. The molecule has 0 aromatic rings. The first-order chi connectivity index (χ1) is 6.92. The van der Waals surface area contributed by atoms with Crippen molar-refractivity contribution in [2.45, 2.75) is 38.8 Å². The third kappa shape index (κ3) is 1.93. The molecule has 0 spiro atoms. The monoisotopic (exact) mass is 213 g/mol. The number of carbonyl (C=O) groups is 3. The van der Waals surface area contributed by atoms with Crippen LogP contribution in [0, 0.1) is 0 Å². The highest BCUT2D eigenvalue weighted by atomic mass is 16.2. The summed E-state index contributed by atoms with van der Waals surface area (Å²) in [5.41, 5.74) is -1.44. The average Bonchev–Trinajstić information content (AvgIpc) is 2.40. The van der Waals surface area contributed by atoms with Crippen molar-refractivity contribution >= 4 is 17.8 Å². The molecule has 84 valence electrons. The van der Waals surface area contributed by atoms with E-state index in [-0.39, 0.29) is 12.5 Å². The van der Waals surface area contributed by atoms with Gasteiger partial charge in [-0.1, -0.05) is 6.92 Å². The van der Waals surface area contributed by atoms with Crippen LogP contribution in [0.3, 0.4) is 0 Å². The van der Waals surface area contributed by atoms with Gasteiger partial charge in [-0.15, -0.1) is 0 Å². The quantitative estimate of drug-likeness (QED) is 0.436. The number of hydrogen-bond acceptors (Lipinski definition) is 3. The summed E-state index contributed by atoms with van der Waals surface area (Å²) < 4.78 is 0. The molecule has 1 aliphatic heterocycles. The van der Waals surface area contributed by atoms with Gasteiger partial charge in [0.05, 0.1) is 0 Å². The number of imide groups is 1. The third-order valence-electron chi connectivity index (χ3n) is 2.28. The van der Waals surface area contributed by atoms with Gasteiger partial charge in [0.1, 0.15) is 0 Å². The normalized spacial score (nSPS) is 25.1. The second kappa shape index (κ2) is 3.88. The molecule has 0 saturated carbocycles. The van der Waals surface area contributed by atoms with Crippen molar-refractivity contribution in [1.29, 1.82) is 0 Å². The zero-order chi connectivity index (χ0) is 11.6. The number of carbonyl (C=O) groups excluding carboxylic acids is 3. The van der Waals surface area contributed by atoms with E-state index < -0.39 is 23.4 Å². The van der Waals surface area contributed by atoms with Gasteiger partial charge in [-0.25, -0.2) is 4.79 Å². The van der Waals surface area contributed by atoms with E-state index >= 15 is 0 Å². The summed E-state index contributed by atoms with van der Waals surface area (Å²) in [6.07, 6.45) is 0.225. The first-order valence-corrected chi connectivity index (χ1v) is 4.87. The fourth-order valence-electron chi connectivity index (χ4n) is 1.45. The van der Waals surface area contributed by atoms with E-state index in [9.17, 15) is 14.4 Å². The van der Waals surface area contributed by atoms with Gasteiger partial charge in [0.2, 0.25) is 0 Å². The van der Waals surface area contributed by atoms with Crippen molar-refractivity contribution < 1.29 is 14.4 Å². The van der Waals surface area contributed by atoms with Crippen molar-refractivity contribution in [2.24, 2.45) is 0 Å². The second-order valence-electron chi connectivity index (χ2n) is 3.80. The lowest BCUT2D eigenvalue weighted by atomic mass is 9.95. The molecule has 1 rings (SSSR count). The van der Waals surface area contributed by atoms with Crippen LogP contribution in [0.1, 0.15) is 27.2 Å². The molecular weight excluding hydrogens is 198 g/mol. The molecule has 1 unspecified atom stereocenters. The van der Waals surface area contributed by atoms with Gasteiger partial charge in [0.25, 0.3) is 11.8 Å². The fraction of sp³-hybridized carbons (Fsp3) is 0.667. The molecule has 1 atom stereocenters. The lowest BCUT2D eigenvalue weighted by molar-refractivity contribution is -0.136. The van der Waals surface area contributed by atoms with Crippen LogP contribution in [-0.4, -0.2) is 29.4 Å². The van der Waals surface area contributed by atoms with E-state index in [0.717, 1.165) is 0 Å². The number of rotatable bonds is 3. The highest BCUT2D eigenvalue weighted by Gasteiger charge is 2.51. The molecule has 0 radical (unpaired) electrons. The largest absolute Gasteiger partial charge is 0.351 e. The lowest BCUT2D eigenvalue weighted by Crippen LogP contribution is -2.59.